The van der Waals surface area contributed by atoms with Gasteiger partial charge in [0.25, 0.3) is 0 Å². The summed E-state index contributed by atoms with van der Waals surface area (Å²) in [6.45, 7) is 0. The average Bonchev–Trinajstić information content (AvgIpc) is 2.04. The van der Waals surface area contributed by atoms with Gasteiger partial charge in [0.05, 0.1) is 0 Å². The third-order valence-electron chi connectivity index (χ3n) is 1.80. The van der Waals surface area contributed by atoms with Crippen molar-refractivity contribution in [1.82, 2.24) is 0 Å². The molecule has 1 rings (SSSR count). The van der Waals surface area contributed by atoms with Crippen molar-refractivity contribution in [3.05, 3.63) is 29.8 Å². The van der Waals surface area contributed by atoms with Crippen molar-refractivity contribution in [3.63, 3.8) is 0 Å². The number of rotatable bonds is 3. The first-order chi connectivity index (χ1) is 6.09. The minimum Gasteiger partial charge on any atom is -0.378 e. The smallest absolute Gasteiger partial charge is 0.226 e. The van der Waals surface area contributed by atoms with Crippen LogP contribution in [0.4, 0.5) is 5.69 Å². The highest BCUT2D eigenvalue weighted by Crippen LogP contribution is 2.12. The van der Waals surface area contributed by atoms with Crippen LogP contribution in [0.3, 0.4) is 0 Å². The Bertz CT molecular complexity index is 292. The van der Waals surface area contributed by atoms with Gasteiger partial charge in [-0.1, -0.05) is 12.1 Å². The Morgan fingerprint density at radius 1 is 1.31 bits per heavy atom. The van der Waals surface area contributed by atoms with E-state index in [1.807, 2.05) is 43.3 Å². The fraction of sp³-hybridized carbons (Fsp3) is 0.300. The van der Waals surface area contributed by atoms with Crippen LogP contribution in [-0.4, -0.2) is 19.3 Å². The molecule has 0 unspecified atom stereocenters. The molecule has 0 saturated carbocycles. The van der Waals surface area contributed by atoms with Gasteiger partial charge in [-0.15, -0.1) is 0 Å². The summed E-state index contributed by atoms with van der Waals surface area (Å²) in [5, 5.41) is -0.322. The van der Waals surface area contributed by atoms with E-state index < -0.39 is 0 Å². The first-order valence-corrected chi connectivity index (χ1v) is 4.42. The summed E-state index contributed by atoms with van der Waals surface area (Å²) in [5.41, 5.74) is 2.07. The minimum atomic E-state index is -0.322. The maximum atomic E-state index is 10.6. The van der Waals surface area contributed by atoms with Crippen LogP contribution in [0.2, 0.25) is 0 Å². The Labute approximate surface area is 83.1 Å². The van der Waals surface area contributed by atoms with Gasteiger partial charge < -0.3 is 4.90 Å². The molecule has 1 aromatic carbocycles. The molecule has 0 bridgehead atoms. The quantitative estimate of drug-likeness (QED) is 0.692. The van der Waals surface area contributed by atoms with Crippen LogP contribution in [0.25, 0.3) is 0 Å². The maximum Gasteiger partial charge on any atom is 0.226 e. The Morgan fingerprint density at radius 3 is 2.23 bits per heavy atom. The average molecular weight is 198 g/mol. The molecule has 0 radical (unpaired) electrons. The van der Waals surface area contributed by atoms with Crippen LogP contribution in [0.5, 0.6) is 0 Å². The molecule has 3 heteroatoms. The van der Waals surface area contributed by atoms with Crippen LogP contribution in [-0.2, 0) is 11.2 Å². The molecule has 70 valence electrons. The number of halogens is 1. The topological polar surface area (TPSA) is 20.3 Å². The summed E-state index contributed by atoms with van der Waals surface area (Å²) >= 11 is 5.27. The van der Waals surface area contributed by atoms with Crippen LogP contribution >= 0.6 is 11.6 Å². The molecule has 2 nitrogen and oxygen atoms in total. The Morgan fingerprint density at radius 2 is 1.85 bits per heavy atom. The molecular weight excluding hydrogens is 186 g/mol. The van der Waals surface area contributed by atoms with Gasteiger partial charge in [0.15, 0.2) is 0 Å². The number of carbonyl (C=O) groups excluding carboxylic acids is 1. The number of benzene rings is 1. The molecule has 0 heterocycles. The third-order valence-corrected chi connectivity index (χ3v) is 1.93. The van der Waals surface area contributed by atoms with Crippen molar-refractivity contribution in [2.24, 2.45) is 0 Å². The van der Waals surface area contributed by atoms with E-state index in [2.05, 4.69) is 0 Å². The van der Waals surface area contributed by atoms with Gasteiger partial charge in [-0.25, -0.2) is 0 Å². The van der Waals surface area contributed by atoms with Crippen molar-refractivity contribution in [3.8, 4) is 0 Å². The zero-order chi connectivity index (χ0) is 9.84. The molecule has 0 N–H and O–H groups in total. The summed E-state index contributed by atoms with van der Waals surface area (Å²) in [4.78, 5) is 12.6. The van der Waals surface area contributed by atoms with Gasteiger partial charge in [0.2, 0.25) is 5.24 Å². The number of hydrogen-bond acceptors (Lipinski definition) is 2. The fourth-order valence-corrected chi connectivity index (χ4v) is 1.23. The standard InChI is InChI=1S/C10H12ClNO/c1-12(2)9-5-3-8(4-6-9)7-10(11)13/h3-6H,7H2,1-2H3. The van der Waals surface area contributed by atoms with E-state index in [9.17, 15) is 4.79 Å². The lowest BCUT2D eigenvalue weighted by atomic mass is 10.1. The van der Waals surface area contributed by atoms with Gasteiger partial charge >= 0.3 is 0 Å². The molecule has 0 aliphatic carbocycles. The van der Waals surface area contributed by atoms with E-state index in [1.54, 1.807) is 0 Å². The van der Waals surface area contributed by atoms with Crippen molar-refractivity contribution in [1.29, 1.82) is 0 Å². The first-order valence-electron chi connectivity index (χ1n) is 4.04. The molecule has 1 aromatic rings. The van der Waals surface area contributed by atoms with Crippen LogP contribution in [0.15, 0.2) is 24.3 Å². The lowest BCUT2D eigenvalue weighted by Crippen LogP contribution is -2.08. The SMILES string of the molecule is CN(C)c1ccc(CC(=O)Cl)cc1. The molecule has 0 amide bonds. The predicted molar refractivity (Wildman–Crippen MR) is 55.3 cm³/mol. The van der Waals surface area contributed by atoms with E-state index in [0.717, 1.165) is 11.3 Å². The van der Waals surface area contributed by atoms with E-state index in [-0.39, 0.29) is 5.24 Å². The largest absolute Gasteiger partial charge is 0.378 e. The second-order valence-corrected chi connectivity index (χ2v) is 3.51. The van der Waals surface area contributed by atoms with Gasteiger partial charge in [-0.2, -0.15) is 0 Å². The maximum absolute atomic E-state index is 10.6. The molecular formula is C10H12ClNO. The first kappa shape index (κ1) is 10.1. The molecule has 0 fully saturated rings. The van der Waals surface area contributed by atoms with E-state index in [4.69, 9.17) is 11.6 Å². The van der Waals surface area contributed by atoms with Crippen molar-refractivity contribution in [2.45, 2.75) is 6.42 Å². The zero-order valence-corrected chi connectivity index (χ0v) is 8.51. The number of nitrogens with zero attached hydrogens (tertiary/aromatic N) is 1. The van der Waals surface area contributed by atoms with E-state index in [1.165, 1.54) is 0 Å². The lowest BCUT2D eigenvalue weighted by molar-refractivity contribution is -0.111. The number of anilines is 1. The molecule has 0 aliphatic rings. The van der Waals surface area contributed by atoms with E-state index >= 15 is 0 Å². The molecule has 0 atom stereocenters. The van der Waals surface area contributed by atoms with Crippen LogP contribution in [0, 0.1) is 0 Å². The van der Waals surface area contributed by atoms with Crippen LogP contribution < -0.4 is 4.90 Å². The summed E-state index contributed by atoms with van der Waals surface area (Å²) < 4.78 is 0. The summed E-state index contributed by atoms with van der Waals surface area (Å²) in [5.74, 6) is 0. The second-order valence-electron chi connectivity index (χ2n) is 3.09. The Hall–Kier alpha value is -1.02. The third kappa shape index (κ3) is 3.07. The predicted octanol–water partition coefficient (Wildman–Crippen LogP) is 2.06. The zero-order valence-electron chi connectivity index (χ0n) is 7.75. The van der Waals surface area contributed by atoms with Gasteiger partial charge in [-0.3, -0.25) is 4.79 Å². The fourth-order valence-electron chi connectivity index (χ4n) is 1.07. The molecule has 0 saturated heterocycles. The minimum absolute atomic E-state index is 0.301. The Balaban J connectivity index is 2.75. The van der Waals surface area contributed by atoms with Gasteiger partial charge in [-0.05, 0) is 29.3 Å². The lowest BCUT2D eigenvalue weighted by Gasteiger charge is -2.12. The van der Waals surface area contributed by atoms with E-state index in [0.29, 0.717) is 6.42 Å². The highest BCUT2D eigenvalue weighted by atomic mass is 35.5. The molecule has 0 spiro atoms. The second kappa shape index (κ2) is 4.28. The normalized spacial score (nSPS) is 9.77. The van der Waals surface area contributed by atoms with Crippen molar-refractivity contribution < 1.29 is 4.79 Å². The summed E-state index contributed by atoms with van der Waals surface area (Å²) in [7, 11) is 3.95. The Kier molecular flexibility index (Phi) is 3.32. The molecule has 0 aliphatic heterocycles. The number of carbonyl (C=O) groups is 1. The molecule has 13 heavy (non-hydrogen) atoms. The monoisotopic (exact) mass is 197 g/mol. The van der Waals surface area contributed by atoms with Gasteiger partial charge in [0, 0.05) is 26.2 Å². The number of hydrogen-bond donors (Lipinski definition) is 0. The highest BCUT2D eigenvalue weighted by molar-refractivity contribution is 6.63. The van der Waals surface area contributed by atoms with Gasteiger partial charge in [0.1, 0.15) is 0 Å². The summed E-state index contributed by atoms with van der Waals surface area (Å²) in [6.07, 6.45) is 0.301. The van der Waals surface area contributed by atoms with Crippen LogP contribution in [0.1, 0.15) is 5.56 Å². The molecule has 0 aromatic heterocycles. The highest BCUT2D eigenvalue weighted by Gasteiger charge is 1.99. The summed E-state index contributed by atoms with van der Waals surface area (Å²) in [6, 6.07) is 7.76. The van der Waals surface area contributed by atoms with Crippen molar-refractivity contribution >= 4 is 22.5 Å². The van der Waals surface area contributed by atoms with Crippen molar-refractivity contribution in [2.75, 3.05) is 19.0 Å².